The summed E-state index contributed by atoms with van der Waals surface area (Å²) in [5.74, 6) is 1.32. The lowest BCUT2D eigenvalue weighted by Crippen LogP contribution is -2.69. The second kappa shape index (κ2) is 5.36. The minimum atomic E-state index is -0.207. The summed E-state index contributed by atoms with van der Waals surface area (Å²) in [6, 6.07) is 2.36. The summed E-state index contributed by atoms with van der Waals surface area (Å²) in [5, 5.41) is 0. The van der Waals surface area contributed by atoms with Crippen LogP contribution in [0, 0.1) is 5.82 Å². The van der Waals surface area contributed by atoms with Crippen LogP contribution in [0.2, 0.25) is 0 Å². The van der Waals surface area contributed by atoms with Gasteiger partial charge >= 0.3 is 0 Å². The highest BCUT2D eigenvalue weighted by Crippen LogP contribution is 2.41. The Labute approximate surface area is 139 Å². The summed E-state index contributed by atoms with van der Waals surface area (Å²) in [6.45, 7) is 1.62. The van der Waals surface area contributed by atoms with Gasteiger partial charge < -0.3 is 9.80 Å². The van der Waals surface area contributed by atoms with Crippen LogP contribution in [0.3, 0.4) is 0 Å². The summed E-state index contributed by atoms with van der Waals surface area (Å²) < 4.78 is 14.9. The van der Waals surface area contributed by atoms with Crippen molar-refractivity contribution in [1.82, 2.24) is 19.9 Å². The normalized spacial score (nSPS) is 26.0. The maximum absolute atomic E-state index is 14.9. The van der Waals surface area contributed by atoms with Gasteiger partial charge in [-0.15, -0.1) is 0 Å². The lowest BCUT2D eigenvalue weighted by atomic mass is 9.82. The van der Waals surface area contributed by atoms with Crippen LogP contribution in [-0.2, 0) is 0 Å². The van der Waals surface area contributed by atoms with Crippen LogP contribution in [0.1, 0.15) is 37.3 Å². The van der Waals surface area contributed by atoms with Crippen LogP contribution >= 0.6 is 0 Å². The SMILES string of the molecule is Fc1c(C2CCC2)ncnc1N1C2CC1CN(c1ncccn1)C2. The third kappa shape index (κ3) is 2.07. The molecule has 3 saturated heterocycles. The average molecular weight is 326 g/mol. The number of anilines is 2. The Bertz CT molecular complexity index is 738. The molecule has 0 spiro atoms. The fraction of sp³-hybridized carbons (Fsp3) is 0.529. The average Bonchev–Trinajstić information content (AvgIpc) is 2.57. The van der Waals surface area contributed by atoms with E-state index < -0.39 is 0 Å². The Hall–Kier alpha value is -2.31. The second-order valence-corrected chi connectivity index (χ2v) is 6.93. The Balaban J connectivity index is 1.39. The maximum atomic E-state index is 14.9. The van der Waals surface area contributed by atoms with Crippen molar-refractivity contribution >= 4 is 11.8 Å². The van der Waals surface area contributed by atoms with Crippen molar-refractivity contribution in [3.63, 3.8) is 0 Å². The number of hydrogen-bond donors (Lipinski definition) is 0. The lowest BCUT2D eigenvalue weighted by Gasteiger charge is -2.56. The molecule has 6 rings (SSSR count). The maximum Gasteiger partial charge on any atom is 0.225 e. The minimum Gasteiger partial charge on any atom is -0.344 e. The molecule has 1 saturated carbocycles. The lowest BCUT2D eigenvalue weighted by molar-refractivity contribution is 0.281. The van der Waals surface area contributed by atoms with E-state index in [1.54, 1.807) is 12.4 Å². The van der Waals surface area contributed by atoms with Gasteiger partial charge in [-0.3, -0.25) is 0 Å². The molecule has 2 aromatic heterocycles. The summed E-state index contributed by atoms with van der Waals surface area (Å²) in [5.41, 5.74) is 0.611. The van der Waals surface area contributed by atoms with Crippen molar-refractivity contribution in [3.8, 4) is 0 Å². The van der Waals surface area contributed by atoms with Crippen molar-refractivity contribution in [2.24, 2.45) is 0 Å². The molecule has 2 bridgehead atoms. The van der Waals surface area contributed by atoms with Crippen LogP contribution in [-0.4, -0.2) is 45.1 Å². The first kappa shape index (κ1) is 14.1. The highest BCUT2D eigenvalue weighted by Gasteiger charge is 2.47. The number of halogens is 1. The van der Waals surface area contributed by atoms with E-state index in [4.69, 9.17) is 0 Å². The van der Waals surface area contributed by atoms with Crippen LogP contribution in [0.15, 0.2) is 24.8 Å². The van der Waals surface area contributed by atoms with Crippen molar-refractivity contribution in [2.45, 2.75) is 43.7 Å². The van der Waals surface area contributed by atoms with Gasteiger partial charge in [-0.25, -0.2) is 24.3 Å². The molecule has 2 aromatic rings. The zero-order valence-corrected chi connectivity index (χ0v) is 13.3. The third-order valence-corrected chi connectivity index (χ3v) is 5.56. The van der Waals surface area contributed by atoms with Gasteiger partial charge in [0.2, 0.25) is 5.95 Å². The van der Waals surface area contributed by atoms with Crippen molar-refractivity contribution in [3.05, 3.63) is 36.3 Å². The zero-order valence-electron chi connectivity index (χ0n) is 13.3. The summed E-state index contributed by atoms with van der Waals surface area (Å²) >= 11 is 0. The molecule has 1 aliphatic carbocycles. The largest absolute Gasteiger partial charge is 0.344 e. The van der Waals surface area contributed by atoms with E-state index in [1.807, 2.05) is 6.07 Å². The zero-order chi connectivity index (χ0) is 16.1. The molecule has 7 heteroatoms. The van der Waals surface area contributed by atoms with Crippen molar-refractivity contribution in [2.75, 3.05) is 22.9 Å². The number of piperazine rings is 1. The standard InChI is InChI=1S/C17H19FN6/c18-14-15(11-3-1-4-11)21-10-22-16(14)24-12-7-13(24)9-23(8-12)17-19-5-2-6-20-17/h2,5-6,10-13H,1,3-4,7-9H2. The predicted octanol–water partition coefficient (Wildman–Crippen LogP) is 2.14. The summed E-state index contributed by atoms with van der Waals surface area (Å²) in [4.78, 5) is 21.5. The number of nitrogens with zero attached hydrogens (tertiary/aromatic N) is 6. The molecule has 124 valence electrons. The van der Waals surface area contributed by atoms with E-state index >= 15 is 0 Å². The number of hydrogen-bond acceptors (Lipinski definition) is 6. The Morgan fingerprint density at radius 2 is 1.75 bits per heavy atom. The van der Waals surface area contributed by atoms with Crippen molar-refractivity contribution < 1.29 is 4.39 Å². The molecule has 0 aromatic carbocycles. The van der Waals surface area contributed by atoms with Gasteiger partial charge in [0.1, 0.15) is 6.33 Å². The van der Waals surface area contributed by atoms with Crippen molar-refractivity contribution in [1.29, 1.82) is 0 Å². The van der Waals surface area contributed by atoms with E-state index in [1.165, 1.54) is 12.7 Å². The minimum absolute atomic E-state index is 0.207. The van der Waals surface area contributed by atoms with Gasteiger partial charge in [0, 0.05) is 31.4 Å². The molecule has 24 heavy (non-hydrogen) atoms. The third-order valence-electron chi connectivity index (χ3n) is 5.56. The molecule has 0 amide bonds. The van der Waals surface area contributed by atoms with E-state index in [0.29, 0.717) is 11.5 Å². The molecule has 3 aliphatic heterocycles. The molecule has 5 heterocycles. The number of fused-ring (bicyclic) bond motifs is 2. The molecule has 2 atom stereocenters. The Kier molecular flexibility index (Phi) is 3.14. The Morgan fingerprint density at radius 3 is 2.42 bits per heavy atom. The summed E-state index contributed by atoms with van der Waals surface area (Å²) in [7, 11) is 0. The van der Waals surface area contributed by atoms with Crippen LogP contribution < -0.4 is 9.80 Å². The number of aromatic nitrogens is 4. The van der Waals surface area contributed by atoms with Crippen LogP contribution in [0.5, 0.6) is 0 Å². The molecular formula is C17H19FN6. The van der Waals surface area contributed by atoms with E-state index in [9.17, 15) is 4.39 Å². The molecule has 0 radical (unpaired) electrons. The first-order valence-corrected chi connectivity index (χ1v) is 8.62. The van der Waals surface area contributed by atoms with Gasteiger partial charge in [-0.1, -0.05) is 6.42 Å². The summed E-state index contributed by atoms with van der Waals surface area (Å²) in [6.07, 6.45) is 9.37. The molecule has 6 nitrogen and oxygen atoms in total. The van der Waals surface area contributed by atoms with Crippen LogP contribution in [0.25, 0.3) is 0 Å². The van der Waals surface area contributed by atoms with Gasteiger partial charge in [-0.2, -0.15) is 0 Å². The topological polar surface area (TPSA) is 58.0 Å². The van der Waals surface area contributed by atoms with Gasteiger partial charge in [-0.05, 0) is 25.3 Å². The molecule has 2 unspecified atom stereocenters. The first-order valence-electron chi connectivity index (χ1n) is 8.62. The van der Waals surface area contributed by atoms with Gasteiger partial charge in [0.05, 0.1) is 17.8 Å². The van der Waals surface area contributed by atoms with Gasteiger partial charge in [0.15, 0.2) is 11.6 Å². The van der Waals surface area contributed by atoms with E-state index in [-0.39, 0.29) is 23.8 Å². The predicted molar refractivity (Wildman–Crippen MR) is 87.5 cm³/mol. The fourth-order valence-corrected chi connectivity index (χ4v) is 4.09. The highest BCUT2D eigenvalue weighted by atomic mass is 19.1. The van der Waals surface area contributed by atoms with E-state index in [0.717, 1.165) is 38.3 Å². The monoisotopic (exact) mass is 326 g/mol. The second-order valence-electron chi connectivity index (χ2n) is 6.93. The molecule has 0 N–H and O–H groups in total. The first-order chi connectivity index (χ1) is 11.8. The Morgan fingerprint density at radius 1 is 1.00 bits per heavy atom. The van der Waals surface area contributed by atoms with E-state index in [2.05, 4.69) is 29.7 Å². The fourth-order valence-electron chi connectivity index (χ4n) is 4.09. The molecule has 4 aliphatic rings. The van der Waals surface area contributed by atoms with Crippen LogP contribution in [0.4, 0.5) is 16.2 Å². The molecular weight excluding hydrogens is 307 g/mol. The number of rotatable bonds is 3. The number of piperidine rings is 1. The smallest absolute Gasteiger partial charge is 0.225 e. The van der Waals surface area contributed by atoms with Gasteiger partial charge in [0.25, 0.3) is 0 Å². The molecule has 4 fully saturated rings. The highest BCUT2D eigenvalue weighted by molar-refractivity contribution is 5.52. The quantitative estimate of drug-likeness (QED) is 0.861.